The fraction of sp³-hybridized carbons (Fsp3) is 0.692. The maximum atomic E-state index is 5.78. The van der Waals surface area contributed by atoms with E-state index in [-0.39, 0.29) is 5.60 Å². The molecule has 1 unspecified atom stereocenters. The van der Waals surface area contributed by atoms with Gasteiger partial charge in [-0.2, -0.15) is 0 Å². The third kappa shape index (κ3) is 10.9. The van der Waals surface area contributed by atoms with Crippen LogP contribution in [-0.2, 0) is 11.2 Å². The first-order chi connectivity index (χ1) is 13.7. The number of hydrogen-bond donors (Lipinski definition) is 0. The van der Waals surface area contributed by atoms with Crippen LogP contribution in [0.4, 0.5) is 0 Å². The Kier molecular flexibility index (Phi) is 11.4. The van der Waals surface area contributed by atoms with E-state index in [1.54, 1.807) is 0 Å². The highest BCUT2D eigenvalue weighted by atomic mass is 16.6. The fourth-order valence-electron chi connectivity index (χ4n) is 3.43. The Balaban J connectivity index is 1.40. The molecule has 0 N–H and O–H groups in total. The molecule has 1 saturated heterocycles. The normalized spacial score (nSPS) is 18.6. The van der Waals surface area contributed by atoms with Crippen molar-refractivity contribution in [2.75, 3.05) is 13.2 Å². The average molecular weight is 387 g/mol. The van der Waals surface area contributed by atoms with Crippen LogP contribution in [0.3, 0.4) is 0 Å². The van der Waals surface area contributed by atoms with E-state index in [0.29, 0.717) is 6.61 Å². The average Bonchev–Trinajstić information content (AvgIpc) is 3.45. The second-order valence-electron chi connectivity index (χ2n) is 8.65. The Morgan fingerprint density at radius 2 is 1.43 bits per heavy atom. The molecule has 0 aromatic heterocycles. The molecule has 0 bridgehead atoms. The smallest absolute Gasteiger partial charge is 0.123 e. The second kappa shape index (κ2) is 13.8. The summed E-state index contributed by atoms with van der Waals surface area (Å²) in [5, 5.41) is 0. The van der Waals surface area contributed by atoms with Crippen LogP contribution in [0.25, 0.3) is 0 Å². The van der Waals surface area contributed by atoms with Gasteiger partial charge in [-0.15, -0.1) is 0 Å². The second-order valence-corrected chi connectivity index (χ2v) is 8.65. The number of aryl methyl sites for hydroxylation is 1. The Morgan fingerprint density at radius 1 is 0.857 bits per heavy atom. The molecular weight excluding hydrogens is 344 g/mol. The molecule has 0 radical (unpaired) electrons. The lowest BCUT2D eigenvalue weighted by Gasteiger charge is -2.09. The minimum Gasteiger partial charge on any atom is -0.491 e. The van der Waals surface area contributed by atoms with Gasteiger partial charge in [-0.3, -0.25) is 0 Å². The Morgan fingerprint density at radius 3 is 2.04 bits per heavy atom. The zero-order chi connectivity index (χ0) is 19.9. The number of benzene rings is 1. The van der Waals surface area contributed by atoms with Gasteiger partial charge < -0.3 is 9.47 Å². The van der Waals surface area contributed by atoms with Gasteiger partial charge in [0.1, 0.15) is 18.0 Å². The number of rotatable bonds is 17. The maximum absolute atomic E-state index is 5.78. The van der Waals surface area contributed by atoms with E-state index in [2.05, 4.69) is 50.3 Å². The molecule has 1 aromatic rings. The lowest BCUT2D eigenvalue weighted by molar-refractivity contribution is 0.202. The summed E-state index contributed by atoms with van der Waals surface area (Å²) in [4.78, 5) is 0. The van der Waals surface area contributed by atoms with E-state index in [0.717, 1.165) is 18.8 Å². The molecule has 158 valence electrons. The molecule has 1 aromatic carbocycles. The predicted molar refractivity (Wildman–Crippen MR) is 120 cm³/mol. The molecule has 0 saturated carbocycles. The lowest BCUT2D eigenvalue weighted by Crippen LogP contribution is -2.16. The van der Waals surface area contributed by atoms with Crippen LogP contribution in [0.15, 0.2) is 36.4 Å². The highest BCUT2D eigenvalue weighted by Crippen LogP contribution is 2.27. The maximum Gasteiger partial charge on any atom is 0.123 e. The third-order valence-corrected chi connectivity index (χ3v) is 5.58. The molecule has 0 spiro atoms. The van der Waals surface area contributed by atoms with Crippen LogP contribution >= 0.6 is 0 Å². The molecule has 1 aliphatic rings. The third-order valence-electron chi connectivity index (χ3n) is 5.58. The van der Waals surface area contributed by atoms with Crippen molar-refractivity contribution in [3.05, 3.63) is 42.0 Å². The van der Waals surface area contributed by atoms with Crippen molar-refractivity contribution < 1.29 is 9.47 Å². The molecule has 2 heteroatoms. The molecule has 2 rings (SSSR count). The summed E-state index contributed by atoms with van der Waals surface area (Å²) < 4.78 is 11.1. The Labute approximate surface area is 173 Å². The van der Waals surface area contributed by atoms with Crippen molar-refractivity contribution in [2.24, 2.45) is 0 Å². The lowest BCUT2D eigenvalue weighted by atomic mass is 10.1. The van der Waals surface area contributed by atoms with Crippen molar-refractivity contribution >= 4 is 0 Å². The molecule has 28 heavy (non-hydrogen) atoms. The predicted octanol–water partition coefficient (Wildman–Crippen LogP) is 7.65. The summed E-state index contributed by atoms with van der Waals surface area (Å²) in [6.45, 7) is 5.84. The molecule has 1 aliphatic heterocycles. The summed E-state index contributed by atoms with van der Waals surface area (Å²) in [5.74, 6) is 0.946. The highest BCUT2D eigenvalue weighted by Gasteiger charge is 2.40. The van der Waals surface area contributed by atoms with Gasteiger partial charge in [0, 0.05) is 0 Å². The minimum absolute atomic E-state index is 0.0424. The Bertz CT molecular complexity index is 528. The zero-order valence-corrected chi connectivity index (χ0v) is 18.4. The standard InChI is InChI=1S/C26H42O2/c1-3-4-5-6-7-8-9-10-11-12-13-14-15-16-17-24-18-20-25(21-19-24)27-22-26(2)23-28-26/h13-14,18-21H,3-12,15-17,22-23H2,1-2H3/b14-13+. The topological polar surface area (TPSA) is 21.8 Å². The SMILES string of the molecule is CCCCCCCCCCC/C=C/CCCc1ccc(OCC2(C)CO2)cc1. The summed E-state index contributed by atoms with van der Waals surface area (Å²) in [6, 6.07) is 8.55. The number of unbranched alkanes of at least 4 members (excludes halogenated alkanes) is 10. The van der Waals surface area contributed by atoms with E-state index in [9.17, 15) is 0 Å². The van der Waals surface area contributed by atoms with E-state index in [1.165, 1.54) is 82.6 Å². The van der Waals surface area contributed by atoms with E-state index < -0.39 is 0 Å². The number of ether oxygens (including phenoxy) is 2. The van der Waals surface area contributed by atoms with Crippen molar-refractivity contribution in [3.8, 4) is 5.75 Å². The first-order valence-corrected chi connectivity index (χ1v) is 11.7. The van der Waals surface area contributed by atoms with Gasteiger partial charge >= 0.3 is 0 Å². The van der Waals surface area contributed by atoms with Gasteiger partial charge in [-0.25, -0.2) is 0 Å². The first kappa shape index (κ1) is 23.0. The Hall–Kier alpha value is -1.28. The summed E-state index contributed by atoms with van der Waals surface area (Å²) >= 11 is 0. The fourth-order valence-corrected chi connectivity index (χ4v) is 3.43. The van der Waals surface area contributed by atoms with Crippen molar-refractivity contribution in [2.45, 2.75) is 103 Å². The summed E-state index contributed by atoms with van der Waals surface area (Å²) in [6.07, 6.45) is 22.3. The monoisotopic (exact) mass is 386 g/mol. The van der Waals surface area contributed by atoms with E-state index >= 15 is 0 Å². The van der Waals surface area contributed by atoms with Crippen LogP contribution in [0.5, 0.6) is 5.75 Å². The minimum atomic E-state index is -0.0424. The first-order valence-electron chi connectivity index (χ1n) is 11.7. The summed E-state index contributed by atoms with van der Waals surface area (Å²) in [7, 11) is 0. The number of hydrogen-bond acceptors (Lipinski definition) is 2. The number of allylic oxidation sites excluding steroid dienone is 2. The molecule has 1 fully saturated rings. The van der Waals surface area contributed by atoms with Crippen LogP contribution in [0.2, 0.25) is 0 Å². The van der Waals surface area contributed by atoms with E-state index in [1.807, 2.05) is 0 Å². The van der Waals surface area contributed by atoms with Crippen molar-refractivity contribution in [1.82, 2.24) is 0 Å². The largest absolute Gasteiger partial charge is 0.491 e. The molecule has 0 aliphatic carbocycles. The number of epoxide rings is 1. The molecule has 2 nitrogen and oxygen atoms in total. The van der Waals surface area contributed by atoms with Crippen LogP contribution in [-0.4, -0.2) is 18.8 Å². The molecule has 1 atom stereocenters. The quantitative estimate of drug-likeness (QED) is 0.156. The van der Waals surface area contributed by atoms with Crippen molar-refractivity contribution in [1.29, 1.82) is 0 Å². The summed E-state index contributed by atoms with van der Waals surface area (Å²) in [5.41, 5.74) is 1.35. The molecule has 0 amide bonds. The van der Waals surface area contributed by atoms with Gasteiger partial charge in [0.05, 0.1) is 6.61 Å². The van der Waals surface area contributed by atoms with Crippen molar-refractivity contribution in [3.63, 3.8) is 0 Å². The van der Waals surface area contributed by atoms with Gasteiger partial charge in [0.2, 0.25) is 0 Å². The highest BCUT2D eigenvalue weighted by molar-refractivity contribution is 5.27. The molecular formula is C26H42O2. The van der Waals surface area contributed by atoms with Gasteiger partial charge in [0.15, 0.2) is 0 Å². The van der Waals surface area contributed by atoms with Crippen LogP contribution in [0.1, 0.15) is 96.5 Å². The zero-order valence-electron chi connectivity index (χ0n) is 18.4. The molecule has 1 heterocycles. The van der Waals surface area contributed by atoms with Gasteiger partial charge in [-0.05, 0) is 56.7 Å². The van der Waals surface area contributed by atoms with Gasteiger partial charge in [0.25, 0.3) is 0 Å². The van der Waals surface area contributed by atoms with Crippen LogP contribution < -0.4 is 4.74 Å². The van der Waals surface area contributed by atoms with Crippen LogP contribution in [0, 0.1) is 0 Å². The van der Waals surface area contributed by atoms with E-state index in [4.69, 9.17) is 9.47 Å². The van der Waals surface area contributed by atoms with Gasteiger partial charge in [-0.1, -0.05) is 82.6 Å².